The number of carbonyl (C=O) groups is 1. The van der Waals surface area contributed by atoms with Crippen molar-refractivity contribution in [1.29, 1.82) is 0 Å². The van der Waals surface area contributed by atoms with E-state index in [0.717, 1.165) is 24.1 Å². The van der Waals surface area contributed by atoms with E-state index in [1.165, 1.54) is 16.7 Å². The minimum absolute atomic E-state index is 0.506. The van der Waals surface area contributed by atoms with Gasteiger partial charge in [0.25, 0.3) is 0 Å². The summed E-state index contributed by atoms with van der Waals surface area (Å²) >= 11 is 0. The van der Waals surface area contributed by atoms with Crippen LogP contribution in [0.4, 0.5) is 10.5 Å². The van der Waals surface area contributed by atoms with E-state index in [4.69, 9.17) is 4.74 Å². The molecule has 0 fully saturated rings. The summed E-state index contributed by atoms with van der Waals surface area (Å²) in [6.07, 6.45) is 7.00. The molecule has 0 bridgehead atoms. The van der Waals surface area contributed by atoms with Gasteiger partial charge in [-0.25, -0.2) is 4.79 Å². The number of benzene rings is 3. The smallest absolute Gasteiger partial charge is 0.410 e. The van der Waals surface area contributed by atoms with Crippen molar-refractivity contribution in [3.05, 3.63) is 101 Å². The van der Waals surface area contributed by atoms with Crippen LogP contribution in [0.25, 0.3) is 17.7 Å². The van der Waals surface area contributed by atoms with Gasteiger partial charge in [-0.2, -0.15) is 0 Å². The molecule has 0 unspecified atom stereocenters. The maximum atomic E-state index is 12.4. The van der Waals surface area contributed by atoms with Crippen molar-refractivity contribution in [2.75, 3.05) is 26.0 Å². The van der Waals surface area contributed by atoms with Gasteiger partial charge in [-0.15, -0.1) is 0 Å². The average molecular weight is 411 g/mol. The van der Waals surface area contributed by atoms with Crippen molar-refractivity contribution in [3.63, 3.8) is 0 Å². The van der Waals surface area contributed by atoms with Gasteiger partial charge in [0, 0.05) is 12.2 Å². The molecule has 4 nitrogen and oxygen atoms in total. The predicted molar refractivity (Wildman–Crippen MR) is 128 cm³/mol. The van der Waals surface area contributed by atoms with Gasteiger partial charge in [0.1, 0.15) is 5.75 Å². The Morgan fingerprint density at radius 1 is 0.903 bits per heavy atom. The molecular formula is C27H26N2O2. The molecule has 0 saturated carbocycles. The molecule has 0 radical (unpaired) electrons. The van der Waals surface area contributed by atoms with Gasteiger partial charge in [-0.05, 0) is 72.6 Å². The van der Waals surface area contributed by atoms with E-state index in [-0.39, 0.29) is 0 Å². The Morgan fingerprint density at radius 3 is 2.39 bits per heavy atom. The lowest BCUT2D eigenvalue weighted by atomic mass is 9.92. The molecule has 1 N–H and O–H groups in total. The van der Waals surface area contributed by atoms with E-state index >= 15 is 0 Å². The number of fused-ring (bicyclic) bond motifs is 2. The molecule has 1 amide bonds. The Bertz CT molecular complexity index is 1130. The molecule has 4 heteroatoms. The Balaban J connectivity index is 1.65. The second-order valence-corrected chi connectivity index (χ2v) is 7.76. The van der Waals surface area contributed by atoms with E-state index in [0.29, 0.717) is 11.4 Å². The van der Waals surface area contributed by atoms with Crippen molar-refractivity contribution in [2.45, 2.75) is 6.42 Å². The molecule has 0 aromatic heterocycles. The summed E-state index contributed by atoms with van der Waals surface area (Å²) in [4.78, 5) is 14.6. The molecule has 0 saturated heterocycles. The van der Waals surface area contributed by atoms with Crippen molar-refractivity contribution in [2.24, 2.45) is 0 Å². The third-order valence-electron chi connectivity index (χ3n) is 5.16. The fourth-order valence-electron chi connectivity index (χ4n) is 3.65. The largest absolute Gasteiger partial charge is 0.417 e. The number of nitrogens with one attached hydrogen (secondary N) is 1. The maximum absolute atomic E-state index is 12.4. The lowest BCUT2D eigenvalue weighted by Crippen LogP contribution is -2.16. The zero-order chi connectivity index (χ0) is 21.6. The number of hydrogen-bond donors (Lipinski definition) is 1. The van der Waals surface area contributed by atoms with Crippen LogP contribution in [0, 0.1) is 0 Å². The van der Waals surface area contributed by atoms with E-state index in [2.05, 4.69) is 66.8 Å². The van der Waals surface area contributed by atoms with Gasteiger partial charge in [0.05, 0.1) is 0 Å². The molecule has 1 aliphatic rings. The third-order valence-corrected chi connectivity index (χ3v) is 5.16. The van der Waals surface area contributed by atoms with Gasteiger partial charge >= 0.3 is 6.09 Å². The van der Waals surface area contributed by atoms with E-state index < -0.39 is 6.09 Å². The number of carbonyl (C=O) groups excluding carboxylic acids is 1. The van der Waals surface area contributed by atoms with Crippen LogP contribution in [0.1, 0.15) is 28.7 Å². The fourth-order valence-corrected chi connectivity index (χ4v) is 3.65. The van der Waals surface area contributed by atoms with Crippen LogP contribution in [-0.2, 0) is 0 Å². The summed E-state index contributed by atoms with van der Waals surface area (Å²) in [5.41, 5.74) is 6.48. The van der Waals surface area contributed by atoms with E-state index in [1.54, 1.807) is 12.1 Å². The van der Waals surface area contributed by atoms with Crippen molar-refractivity contribution >= 4 is 29.5 Å². The number of ether oxygens (including phenoxy) is 1. The number of hydrogen-bond acceptors (Lipinski definition) is 3. The lowest BCUT2D eigenvalue weighted by molar-refractivity contribution is 0.215. The van der Waals surface area contributed by atoms with Crippen LogP contribution < -0.4 is 10.1 Å². The second kappa shape index (κ2) is 9.45. The summed E-state index contributed by atoms with van der Waals surface area (Å²) in [7, 11) is 4.16. The highest BCUT2D eigenvalue weighted by atomic mass is 16.6. The number of rotatable bonds is 5. The molecule has 0 heterocycles. The van der Waals surface area contributed by atoms with Gasteiger partial charge in [-0.3, -0.25) is 5.32 Å². The first-order valence-corrected chi connectivity index (χ1v) is 10.4. The fraction of sp³-hybridized carbons (Fsp3) is 0.148. The highest BCUT2D eigenvalue weighted by Crippen LogP contribution is 2.35. The summed E-state index contributed by atoms with van der Waals surface area (Å²) in [5.74, 6) is 0.510. The van der Waals surface area contributed by atoms with Crippen LogP contribution in [0.2, 0.25) is 0 Å². The maximum Gasteiger partial charge on any atom is 0.417 e. The Labute approximate surface area is 183 Å². The molecule has 3 aromatic rings. The number of nitrogens with zero attached hydrogens (tertiary/aromatic N) is 1. The van der Waals surface area contributed by atoms with Gasteiger partial charge < -0.3 is 9.64 Å². The summed E-state index contributed by atoms with van der Waals surface area (Å²) < 4.78 is 5.38. The number of amides is 1. The Hall–Kier alpha value is -3.63. The molecule has 0 spiro atoms. The molecule has 0 aliphatic heterocycles. The molecule has 31 heavy (non-hydrogen) atoms. The van der Waals surface area contributed by atoms with Crippen LogP contribution in [0.5, 0.6) is 5.75 Å². The molecule has 3 aromatic carbocycles. The van der Waals surface area contributed by atoms with Crippen LogP contribution in [0.3, 0.4) is 0 Å². The molecule has 4 rings (SSSR count). The molecule has 156 valence electrons. The Kier molecular flexibility index (Phi) is 6.29. The molecule has 0 atom stereocenters. The predicted octanol–water partition coefficient (Wildman–Crippen LogP) is 6.16. The SMILES string of the molecule is CN(C)CC/C=C1/c2ccccc2C=Cc2ccc(NC(=O)Oc3ccccc3)cc21. The van der Waals surface area contributed by atoms with Gasteiger partial charge in [-0.1, -0.05) is 66.8 Å². The first-order valence-electron chi connectivity index (χ1n) is 10.4. The normalized spacial score (nSPS) is 13.5. The first kappa shape index (κ1) is 20.6. The zero-order valence-corrected chi connectivity index (χ0v) is 17.8. The lowest BCUT2D eigenvalue weighted by Gasteiger charge is -2.15. The highest BCUT2D eigenvalue weighted by molar-refractivity contribution is 5.96. The van der Waals surface area contributed by atoms with Crippen LogP contribution in [-0.4, -0.2) is 31.6 Å². The van der Waals surface area contributed by atoms with Crippen LogP contribution >= 0.6 is 0 Å². The van der Waals surface area contributed by atoms with E-state index in [9.17, 15) is 4.79 Å². The minimum Gasteiger partial charge on any atom is -0.410 e. The van der Waals surface area contributed by atoms with Crippen molar-refractivity contribution in [1.82, 2.24) is 4.90 Å². The average Bonchev–Trinajstić information content (AvgIpc) is 2.91. The standard InChI is InChI=1S/C27H26N2O2/c1-29(2)18-8-13-25-24-12-7-6-9-20(24)14-15-21-16-17-22(19-26(21)25)28-27(30)31-23-10-4-3-5-11-23/h3-7,9-17,19H,8,18H2,1-2H3,(H,28,30)/b25-13-. The first-order chi connectivity index (χ1) is 15.1. The summed E-state index contributed by atoms with van der Waals surface area (Å²) in [6, 6.07) is 23.4. The topological polar surface area (TPSA) is 41.6 Å². The van der Waals surface area contributed by atoms with Crippen LogP contribution in [0.15, 0.2) is 78.9 Å². The number of anilines is 1. The van der Waals surface area contributed by atoms with Gasteiger partial charge in [0.2, 0.25) is 0 Å². The minimum atomic E-state index is -0.506. The zero-order valence-electron chi connectivity index (χ0n) is 17.8. The monoisotopic (exact) mass is 410 g/mol. The molecule has 1 aliphatic carbocycles. The quantitative estimate of drug-likeness (QED) is 0.428. The molecular weight excluding hydrogens is 384 g/mol. The number of para-hydroxylation sites is 1. The van der Waals surface area contributed by atoms with Gasteiger partial charge in [0.15, 0.2) is 0 Å². The second-order valence-electron chi connectivity index (χ2n) is 7.76. The van der Waals surface area contributed by atoms with Crippen molar-refractivity contribution in [3.8, 4) is 5.75 Å². The summed E-state index contributed by atoms with van der Waals surface area (Å²) in [6.45, 7) is 0.968. The third kappa shape index (κ3) is 5.11. The van der Waals surface area contributed by atoms with Crippen molar-refractivity contribution < 1.29 is 9.53 Å². The summed E-state index contributed by atoms with van der Waals surface area (Å²) in [5, 5.41) is 2.86. The Morgan fingerprint density at radius 2 is 1.61 bits per heavy atom. The highest BCUT2D eigenvalue weighted by Gasteiger charge is 2.16. The van der Waals surface area contributed by atoms with E-state index in [1.807, 2.05) is 36.4 Å².